The van der Waals surface area contributed by atoms with E-state index in [0.29, 0.717) is 101 Å². The van der Waals surface area contributed by atoms with Crippen LogP contribution in [0.15, 0.2) is 24.3 Å². The molecule has 0 aromatic carbocycles. The van der Waals surface area contributed by atoms with Crippen molar-refractivity contribution in [2.45, 2.75) is 199 Å². The zero-order chi connectivity index (χ0) is 98.2. The van der Waals surface area contributed by atoms with E-state index in [-0.39, 0.29) is 68.8 Å². The van der Waals surface area contributed by atoms with Crippen LogP contribution in [0.1, 0.15) is 114 Å². The van der Waals surface area contributed by atoms with Crippen molar-refractivity contribution in [3.8, 4) is 53.4 Å². The van der Waals surface area contributed by atoms with Crippen molar-refractivity contribution in [1.82, 2.24) is 76.4 Å². The fourth-order valence-electron chi connectivity index (χ4n) is 12.9. The van der Waals surface area contributed by atoms with Crippen LogP contribution in [-0.4, -0.2) is 247 Å². The number of hydrogen-bond donors (Lipinski definition) is 8. The van der Waals surface area contributed by atoms with Gasteiger partial charge >= 0.3 is 66.1 Å². The molecule has 0 saturated carbocycles. The summed E-state index contributed by atoms with van der Waals surface area (Å²) < 4.78 is 145. The first-order chi connectivity index (χ1) is 60.6. The Balaban J connectivity index is 0.000000279. The van der Waals surface area contributed by atoms with Gasteiger partial charge in [-0.3, -0.25) is 50.9 Å². The third-order valence-electron chi connectivity index (χ3n) is 19.0. The Bertz CT molecular complexity index is 5810. The molecule has 8 aromatic rings. The molecule has 0 aliphatic carbocycles. The second-order valence-electron chi connectivity index (χ2n) is 29.8. The second kappa shape index (κ2) is 46.9. The summed E-state index contributed by atoms with van der Waals surface area (Å²) in [6, 6.07) is 0.660. The molecule has 4 saturated heterocycles. The summed E-state index contributed by atoms with van der Waals surface area (Å²) in [5.74, 6) is 16.1. The number of rotatable bonds is 13. The largest absolute Gasteiger partial charge is 0.490 e. The van der Waals surface area contributed by atoms with Gasteiger partial charge in [0.1, 0.15) is 0 Å². The van der Waals surface area contributed by atoms with E-state index >= 15 is 0 Å². The minimum atomic E-state index is -5.08. The molecule has 4 aliphatic heterocycles. The molecule has 0 bridgehead atoms. The Morgan fingerprint density at radius 2 is 0.708 bits per heavy atom. The van der Waals surface area contributed by atoms with Gasteiger partial charge in [-0.05, 0) is 92.9 Å². The van der Waals surface area contributed by atoms with Crippen LogP contribution in [0.4, 0.5) is 88.4 Å². The van der Waals surface area contributed by atoms with Gasteiger partial charge < -0.3 is 77.4 Å². The maximum absolute atomic E-state index is 13.2. The smallest absolute Gasteiger partial charge is 0.475 e. The number of ether oxygens (including phenoxy) is 1. The quantitative estimate of drug-likeness (QED) is 0.0211. The molecule has 0 radical (unpaired) electrons. The number of imidazole rings is 4. The molecular weight excluding hydrogens is 1770 g/mol. The van der Waals surface area contributed by atoms with E-state index in [9.17, 15) is 71.9 Å². The lowest BCUT2D eigenvalue weighted by Crippen LogP contribution is -2.44. The summed E-state index contributed by atoms with van der Waals surface area (Å²) in [7, 11) is 8.19. The molecule has 0 spiro atoms. The number of hydrogen-bond acceptors (Lipinski definition) is 27. The predicted octanol–water partition coefficient (Wildman–Crippen LogP) is 6.15. The molecule has 4 atom stereocenters. The molecule has 0 amide bonds. The lowest BCUT2D eigenvalue weighted by molar-refractivity contribution is -0.193. The molecule has 8 aromatic heterocycles. The predicted molar refractivity (Wildman–Crippen MR) is 459 cm³/mol. The molecule has 712 valence electrons. The summed E-state index contributed by atoms with van der Waals surface area (Å²) in [6.07, 6.45) is -12.3. The lowest BCUT2D eigenvalue weighted by atomic mass is 10.1. The number of carboxylic acid groups (broad SMARTS) is 4. The summed E-state index contributed by atoms with van der Waals surface area (Å²) >= 11 is 1.57. The van der Waals surface area contributed by atoms with Crippen molar-refractivity contribution >= 4 is 116 Å². The Morgan fingerprint density at radius 1 is 0.446 bits per heavy atom. The molecule has 4 fully saturated rings. The average molecular weight is 1870 g/mol. The van der Waals surface area contributed by atoms with Crippen LogP contribution in [0.25, 0.3) is 49.5 Å². The maximum atomic E-state index is 13.2. The third-order valence-corrected chi connectivity index (χ3v) is 20.2. The van der Waals surface area contributed by atoms with Gasteiger partial charge in [0.05, 0.1) is 33.3 Å². The zero-order valence-electron chi connectivity index (χ0n) is 73.4. The highest BCUT2D eigenvalue weighted by Gasteiger charge is 2.41. The molecule has 4 aliphatic rings. The molecule has 39 nitrogen and oxygen atoms in total. The van der Waals surface area contributed by atoms with Crippen molar-refractivity contribution in [2.75, 3.05) is 97.1 Å². The first kappa shape index (κ1) is 108. The van der Waals surface area contributed by atoms with Crippen LogP contribution < -0.4 is 74.4 Å². The number of aromatic nitrogens is 16. The number of alkyl halides is 12. The highest BCUT2D eigenvalue weighted by molar-refractivity contribution is 8.00. The molecule has 4 unspecified atom stereocenters. The summed E-state index contributed by atoms with van der Waals surface area (Å²) in [5.41, 5.74) is 27.3. The number of carbonyl (C=O) groups is 4. The van der Waals surface area contributed by atoms with Crippen LogP contribution in [0.2, 0.25) is 0 Å². The van der Waals surface area contributed by atoms with E-state index in [1.165, 1.54) is 16.2 Å². The molecular formula is C78H102F12N26O13S. The Morgan fingerprint density at radius 3 is 0.962 bits per heavy atom. The van der Waals surface area contributed by atoms with E-state index in [0.717, 1.165) is 116 Å². The van der Waals surface area contributed by atoms with Crippen molar-refractivity contribution in [3.63, 3.8) is 0 Å². The topological polar surface area (TPSA) is 494 Å². The van der Waals surface area contributed by atoms with E-state index < -0.39 is 48.6 Å². The van der Waals surface area contributed by atoms with Gasteiger partial charge in [0.15, 0.2) is 44.2 Å². The van der Waals surface area contributed by atoms with Crippen molar-refractivity contribution < 1.29 is 97.0 Å². The first-order valence-electron chi connectivity index (χ1n) is 39.7. The Hall–Kier alpha value is -12.8. The Labute approximate surface area is 739 Å². The number of carboxylic acids is 4. The summed E-state index contributed by atoms with van der Waals surface area (Å²) in [4.78, 5) is 138. The van der Waals surface area contributed by atoms with E-state index in [2.05, 4.69) is 131 Å². The van der Waals surface area contributed by atoms with Gasteiger partial charge in [-0.1, -0.05) is 56.2 Å². The molecule has 130 heavy (non-hydrogen) atoms. The monoisotopic (exact) mass is 1870 g/mol. The average Bonchev–Trinajstić information content (AvgIpc) is 1.64. The van der Waals surface area contributed by atoms with Crippen LogP contribution in [0, 0.1) is 53.9 Å². The number of nitrogens with zero attached hydrogens (tertiary/aromatic N) is 22. The van der Waals surface area contributed by atoms with Crippen molar-refractivity contribution in [1.29, 1.82) is 0 Å². The van der Waals surface area contributed by atoms with Crippen LogP contribution in [0.5, 0.6) is 6.01 Å². The number of nitrogens with two attached hydrogens (primary N) is 4. The summed E-state index contributed by atoms with van der Waals surface area (Å²) in [6.45, 7) is 34.1. The van der Waals surface area contributed by atoms with Gasteiger partial charge in [0.25, 0.3) is 16.7 Å². The van der Waals surface area contributed by atoms with Crippen LogP contribution in [0.3, 0.4) is 0 Å². The molecule has 12 rings (SSSR count). The van der Waals surface area contributed by atoms with E-state index in [1.54, 1.807) is 81.3 Å². The fraction of sp³-hybridized carbons (Fsp3) is 0.577. The van der Waals surface area contributed by atoms with Crippen LogP contribution >= 0.6 is 11.8 Å². The van der Waals surface area contributed by atoms with Gasteiger partial charge in [-0.25, -0.2) is 29.0 Å². The standard InChI is InChI=1S/C19H29N7O.C19H28N6OS.C16H19N7O.C16H22N6O2.4C2HF3O2/c1-5-8-12-26-15-16(22-19(26)25-11-9-10-14(20)13-25)21-18(23(4)17(15)27)24(6-2)7-3;1-6-7-11-25-14-15(21-17(25)24-10-8-9-13(20)12-24)22-18(23(5)16(14)26)27-19(2,3)4;1-4-5-9-23-12-13(19-15(18-2)21(3)14(12)24)20-16(23)22-8-6-7-11(17)10-22;1-4-5-9-22-12-13(19-16(24-3)20(2)14(12)23)18-15(22)21-8-6-7-11(17)10-21;4*3-2(4,5)1(6)7/h14H,6-7,9-13,20H2,1-4H3;13H,8-12,20H2,1-5H3;11H,6-10,17H2,1,3H3;11H,6-10,17H2,1-3H3;4*(H,6,7). The second-order valence-corrected chi connectivity index (χ2v) is 31.6. The molecule has 12 heterocycles. The van der Waals surface area contributed by atoms with E-state index in [1.807, 2.05) is 13.7 Å². The van der Waals surface area contributed by atoms with Crippen molar-refractivity contribution in [3.05, 3.63) is 52.8 Å². The highest BCUT2D eigenvalue weighted by Crippen LogP contribution is 2.33. The van der Waals surface area contributed by atoms with Gasteiger partial charge in [0.2, 0.25) is 35.4 Å². The first-order valence-corrected chi connectivity index (χ1v) is 40.5. The fourth-order valence-corrected chi connectivity index (χ4v) is 13.8. The number of halogens is 12. The molecule has 12 N–H and O–H groups in total. The number of fused-ring (bicyclic) bond motifs is 4. The highest BCUT2D eigenvalue weighted by atomic mass is 32.2. The number of thioether (sulfide) groups is 1. The minimum Gasteiger partial charge on any atom is -0.475 e. The lowest BCUT2D eigenvalue weighted by Gasteiger charge is -2.31. The zero-order valence-corrected chi connectivity index (χ0v) is 74.2. The maximum Gasteiger partial charge on any atom is 0.490 e. The third kappa shape index (κ3) is 28.8. The van der Waals surface area contributed by atoms with Crippen molar-refractivity contribution in [2.24, 2.45) is 51.1 Å². The number of anilines is 5. The number of methoxy groups -OCH3 is 1. The SMILES string of the molecule is CC#CCn1c(N2CCCC(N)C2)nc2nc(N(CC)CC)n(C)c(=O)c21.CC#CCn1c(N2CCCC(N)C2)nc2nc(OC)n(C)c(=O)c21.CC#CCn1c(N2CCCC(N)C2)nc2nc(SC(C)(C)C)n(C)c(=O)c21.O=C(O)C(F)(F)F.O=C(O)C(F)(F)F.O=C(O)C(F)(F)F.O=C(O)C(F)(F)F.[C-]#[N+]c1nc2nc(N3CCCC(N)C3)n(CC#CC)c2c(=O)n1C. The normalized spacial score (nSPS) is 16.2. The van der Waals surface area contributed by atoms with Crippen LogP contribution in [-0.2, 0) is 73.5 Å². The Kier molecular flexibility index (Phi) is 38.9. The van der Waals surface area contributed by atoms with E-state index in [4.69, 9.17) is 93.8 Å². The molecule has 52 heteroatoms. The minimum absolute atomic E-state index is 0.0284. The van der Waals surface area contributed by atoms with Gasteiger partial charge in [-0.15, -0.1) is 35.2 Å². The van der Waals surface area contributed by atoms with Gasteiger partial charge in [-0.2, -0.15) is 82.6 Å². The number of aliphatic carboxylic acids is 4. The van der Waals surface area contributed by atoms with Gasteiger partial charge in [0, 0.05) is 123 Å². The summed E-state index contributed by atoms with van der Waals surface area (Å²) in [5, 5.41) is 29.2. The number of piperidine rings is 4.